The monoisotopic (exact) mass is 383 g/mol. The van der Waals surface area contributed by atoms with Crippen molar-refractivity contribution in [3.05, 3.63) is 65.0 Å². The lowest BCUT2D eigenvalue weighted by molar-refractivity contribution is 0.429. The highest BCUT2D eigenvalue weighted by molar-refractivity contribution is 7.92. The number of hydrogen-bond acceptors (Lipinski definition) is 7. The SMILES string of the molecule is CS(=O)(=O)Nc1ccc(-c2noc(-c3cc4ccccc4oc3=O)n2)cc1. The van der Waals surface area contributed by atoms with Crippen molar-refractivity contribution in [1.82, 2.24) is 10.1 Å². The van der Waals surface area contributed by atoms with Crippen LogP contribution in [0.3, 0.4) is 0 Å². The summed E-state index contributed by atoms with van der Waals surface area (Å²) in [6.45, 7) is 0. The molecule has 0 bridgehead atoms. The molecule has 0 unspecified atom stereocenters. The van der Waals surface area contributed by atoms with Gasteiger partial charge in [-0.1, -0.05) is 23.4 Å². The first-order chi connectivity index (χ1) is 12.9. The third-order valence-electron chi connectivity index (χ3n) is 3.74. The summed E-state index contributed by atoms with van der Waals surface area (Å²) in [5, 5.41) is 4.62. The molecule has 0 amide bonds. The number of fused-ring (bicyclic) bond motifs is 1. The summed E-state index contributed by atoms with van der Waals surface area (Å²) in [6, 6.07) is 15.2. The number of para-hydroxylation sites is 1. The fourth-order valence-corrected chi connectivity index (χ4v) is 3.13. The second-order valence-corrected chi connectivity index (χ2v) is 7.61. The first-order valence-corrected chi connectivity index (χ1v) is 9.73. The van der Waals surface area contributed by atoms with Gasteiger partial charge in [-0.25, -0.2) is 13.2 Å². The molecule has 0 saturated carbocycles. The van der Waals surface area contributed by atoms with E-state index in [1.165, 1.54) is 0 Å². The Kier molecular flexibility index (Phi) is 4.00. The number of aromatic nitrogens is 2. The maximum absolute atomic E-state index is 12.2. The summed E-state index contributed by atoms with van der Waals surface area (Å²) in [7, 11) is -3.35. The van der Waals surface area contributed by atoms with E-state index in [1.54, 1.807) is 42.5 Å². The number of nitrogens with one attached hydrogen (secondary N) is 1. The molecule has 0 aliphatic rings. The fourth-order valence-electron chi connectivity index (χ4n) is 2.56. The minimum Gasteiger partial charge on any atom is -0.422 e. The third kappa shape index (κ3) is 3.58. The van der Waals surface area contributed by atoms with E-state index in [9.17, 15) is 13.2 Å². The average molecular weight is 383 g/mol. The van der Waals surface area contributed by atoms with Crippen LogP contribution in [0.25, 0.3) is 33.8 Å². The van der Waals surface area contributed by atoms with E-state index in [0.29, 0.717) is 16.8 Å². The van der Waals surface area contributed by atoms with Crippen molar-refractivity contribution in [3.63, 3.8) is 0 Å². The van der Waals surface area contributed by atoms with Crippen LogP contribution in [0.4, 0.5) is 5.69 Å². The molecule has 0 aliphatic heterocycles. The predicted octanol–water partition coefficient (Wildman–Crippen LogP) is 2.88. The minimum absolute atomic E-state index is 0.0443. The molecule has 0 saturated heterocycles. The van der Waals surface area contributed by atoms with E-state index in [-0.39, 0.29) is 17.3 Å². The minimum atomic E-state index is -3.35. The zero-order valence-electron chi connectivity index (χ0n) is 14.0. The van der Waals surface area contributed by atoms with Gasteiger partial charge < -0.3 is 8.94 Å². The largest absolute Gasteiger partial charge is 0.422 e. The van der Waals surface area contributed by atoms with Crippen LogP contribution in [-0.4, -0.2) is 24.8 Å². The summed E-state index contributed by atoms with van der Waals surface area (Å²) in [5.74, 6) is 0.311. The molecule has 0 aliphatic carbocycles. The summed E-state index contributed by atoms with van der Waals surface area (Å²) >= 11 is 0. The number of benzene rings is 2. The van der Waals surface area contributed by atoms with Crippen LogP contribution in [0.5, 0.6) is 0 Å². The Morgan fingerprint density at radius 2 is 1.78 bits per heavy atom. The number of sulfonamides is 1. The molecular weight excluding hydrogens is 370 g/mol. The van der Waals surface area contributed by atoms with Gasteiger partial charge in [-0.2, -0.15) is 4.98 Å². The number of hydrogen-bond donors (Lipinski definition) is 1. The van der Waals surface area contributed by atoms with Crippen molar-refractivity contribution < 1.29 is 17.4 Å². The fraction of sp³-hybridized carbons (Fsp3) is 0.0556. The van der Waals surface area contributed by atoms with Crippen molar-refractivity contribution >= 4 is 26.7 Å². The molecule has 4 aromatic rings. The van der Waals surface area contributed by atoms with Crippen LogP contribution in [0.15, 0.2) is 68.3 Å². The molecular formula is C18H13N3O5S. The van der Waals surface area contributed by atoms with Gasteiger partial charge in [0.1, 0.15) is 11.1 Å². The van der Waals surface area contributed by atoms with Crippen LogP contribution in [0, 0.1) is 0 Å². The van der Waals surface area contributed by atoms with E-state index in [1.807, 2.05) is 12.1 Å². The van der Waals surface area contributed by atoms with Crippen LogP contribution < -0.4 is 10.3 Å². The maximum atomic E-state index is 12.2. The van der Waals surface area contributed by atoms with Crippen molar-refractivity contribution in [2.75, 3.05) is 11.0 Å². The molecule has 2 heterocycles. The zero-order chi connectivity index (χ0) is 19.0. The first kappa shape index (κ1) is 17.0. The second-order valence-electron chi connectivity index (χ2n) is 5.86. The number of rotatable bonds is 4. The lowest BCUT2D eigenvalue weighted by atomic mass is 10.2. The van der Waals surface area contributed by atoms with Gasteiger partial charge in [-0.15, -0.1) is 0 Å². The Labute approximate surface area is 153 Å². The van der Waals surface area contributed by atoms with E-state index < -0.39 is 15.6 Å². The molecule has 2 aromatic carbocycles. The quantitative estimate of drug-likeness (QED) is 0.539. The number of anilines is 1. The predicted molar refractivity (Wildman–Crippen MR) is 99.7 cm³/mol. The highest BCUT2D eigenvalue weighted by Gasteiger charge is 2.16. The Bertz CT molecular complexity index is 1290. The Morgan fingerprint density at radius 3 is 2.52 bits per heavy atom. The van der Waals surface area contributed by atoms with Crippen molar-refractivity contribution in [1.29, 1.82) is 0 Å². The Morgan fingerprint density at radius 1 is 1.04 bits per heavy atom. The van der Waals surface area contributed by atoms with Gasteiger partial charge in [-0.3, -0.25) is 4.72 Å². The van der Waals surface area contributed by atoms with Crippen molar-refractivity contribution in [2.24, 2.45) is 0 Å². The average Bonchev–Trinajstić information content (AvgIpc) is 3.10. The van der Waals surface area contributed by atoms with Crippen molar-refractivity contribution in [3.8, 4) is 22.8 Å². The summed E-state index contributed by atoms with van der Waals surface area (Å²) < 4.78 is 35.4. The van der Waals surface area contributed by atoms with Crippen LogP contribution in [0.1, 0.15) is 0 Å². The van der Waals surface area contributed by atoms with E-state index in [2.05, 4.69) is 14.9 Å². The lowest BCUT2D eigenvalue weighted by Gasteiger charge is -2.03. The maximum Gasteiger partial charge on any atom is 0.349 e. The molecule has 136 valence electrons. The molecule has 2 aromatic heterocycles. The molecule has 4 rings (SSSR count). The second kappa shape index (κ2) is 6.36. The molecule has 0 atom stereocenters. The Hall–Kier alpha value is -3.46. The van der Waals surface area contributed by atoms with Crippen molar-refractivity contribution in [2.45, 2.75) is 0 Å². The highest BCUT2D eigenvalue weighted by Crippen LogP contribution is 2.24. The van der Waals surface area contributed by atoms with Crippen LogP contribution in [-0.2, 0) is 10.0 Å². The first-order valence-electron chi connectivity index (χ1n) is 7.84. The topological polar surface area (TPSA) is 115 Å². The normalized spacial score (nSPS) is 11.6. The van der Waals surface area contributed by atoms with Gasteiger partial charge in [0.15, 0.2) is 0 Å². The highest BCUT2D eigenvalue weighted by atomic mass is 32.2. The van der Waals surface area contributed by atoms with E-state index in [0.717, 1.165) is 11.6 Å². The van der Waals surface area contributed by atoms with Gasteiger partial charge in [0.05, 0.1) is 6.26 Å². The molecule has 9 heteroatoms. The summed E-state index contributed by atoms with van der Waals surface area (Å²) in [5.41, 5.74) is 1.09. The third-order valence-corrected chi connectivity index (χ3v) is 4.35. The number of nitrogens with zero attached hydrogens (tertiary/aromatic N) is 2. The lowest BCUT2D eigenvalue weighted by Crippen LogP contribution is -2.09. The standard InChI is InChI=1S/C18H13N3O5S/c1-27(23,24)21-13-8-6-11(7-9-13)16-19-17(26-20-16)14-10-12-4-2-3-5-15(12)25-18(14)22/h2-10,21H,1H3. The van der Waals surface area contributed by atoms with E-state index >= 15 is 0 Å². The van der Waals surface area contributed by atoms with Gasteiger partial charge in [0.25, 0.3) is 5.89 Å². The summed E-state index contributed by atoms with van der Waals surface area (Å²) in [6.07, 6.45) is 1.07. The molecule has 0 fully saturated rings. The van der Waals surface area contributed by atoms with Crippen LogP contribution in [0.2, 0.25) is 0 Å². The van der Waals surface area contributed by atoms with Crippen LogP contribution >= 0.6 is 0 Å². The molecule has 8 nitrogen and oxygen atoms in total. The zero-order valence-corrected chi connectivity index (χ0v) is 14.9. The van der Waals surface area contributed by atoms with E-state index in [4.69, 9.17) is 8.94 Å². The summed E-state index contributed by atoms with van der Waals surface area (Å²) in [4.78, 5) is 16.4. The Balaban J connectivity index is 1.68. The molecule has 0 spiro atoms. The molecule has 27 heavy (non-hydrogen) atoms. The van der Waals surface area contributed by atoms with Gasteiger partial charge in [0, 0.05) is 16.6 Å². The molecule has 1 N–H and O–H groups in total. The van der Waals surface area contributed by atoms with Gasteiger partial charge >= 0.3 is 5.63 Å². The van der Waals surface area contributed by atoms with Gasteiger partial charge in [0.2, 0.25) is 15.8 Å². The molecule has 0 radical (unpaired) electrons. The van der Waals surface area contributed by atoms with Gasteiger partial charge in [-0.05, 0) is 36.4 Å². The smallest absolute Gasteiger partial charge is 0.349 e.